The molecule has 3 aromatic heterocycles. The second kappa shape index (κ2) is 7.00. The predicted molar refractivity (Wildman–Crippen MR) is 113 cm³/mol. The molecular formula is C21H20N4O2S. The minimum absolute atomic E-state index is 0.380. The molecule has 4 aromatic rings. The van der Waals surface area contributed by atoms with Gasteiger partial charge in [-0.1, -0.05) is 19.1 Å². The van der Waals surface area contributed by atoms with Gasteiger partial charge in [0.15, 0.2) is 0 Å². The molecule has 5 rings (SSSR count). The summed E-state index contributed by atoms with van der Waals surface area (Å²) in [4.78, 5) is 26.5. The molecule has 0 radical (unpaired) electrons. The second-order valence-electron chi connectivity index (χ2n) is 6.92. The number of benzene rings is 1. The molecule has 0 unspecified atom stereocenters. The van der Waals surface area contributed by atoms with Crippen LogP contribution in [0.25, 0.3) is 31.9 Å². The van der Waals surface area contributed by atoms with E-state index in [-0.39, 0.29) is 0 Å². The third kappa shape index (κ3) is 3.06. The Balaban J connectivity index is 1.50. The van der Waals surface area contributed by atoms with Crippen LogP contribution in [0.1, 0.15) is 6.92 Å². The van der Waals surface area contributed by atoms with Crippen LogP contribution >= 0.6 is 11.3 Å². The fourth-order valence-electron chi connectivity index (χ4n) is 3.60. The molecule has 0 bridgehead atoms. The fourth-order valence-corrected chi connectivity index (χ4v) is 4.57. The van der Waals surface area contributed by atoms with Gasteiger partial charge in [0.2, 0.25) is 5.71 Å². The summed E-state index contributed by atoms with van der Waals surface area (Å²) in [5, 5.41) is 1.49. The maximum atomic E-state index is 12.6. The minimum atomic E-state index is -0.396. The second-order valence-corrected chi connectivity index (χ2v) is 7.95. The molecule has 1 aliphatic heterocycles. The first-order valence-corrected chi connectivity index (χ1v) is 10.3. The molecule has 28 heavy (non-hydrogen) atoms. The summed E-state index contributed by atoms with van der Waals surface area (Å²) in [5.41, 5.74) is 1.36. The number of nitrogens with zero attached hydrogens (tertiary/aromatic N) is 4. The van der Waals surface area contributed by atoms with Gasteiger partial charge in [-0.25, -0.2) is 9.78 Å². The van der Waals surface area contributed by atoms with Crippen molar-refractivity contribution < 1.29 is 4.42 Å². The highest BCUT2D eigenvalue weighted by atomic mass is 32.1. The number of para-hydroxylation sites is 1. The Kier molecular flexibility index (Phi) is 4.33. The number of fused-ring (bicyclic) bond motifs is 2. The number of anilines is 1. The van der Waals surface area contributed by atoms with Crippen LogP contribution in [-0.4, -0.2) is 47.6 Å². The summed E-state index contributed by atoms with van der Waals surface area (Å²) in [6.07, 6.45) is 0. The van der Waals surface area contributed by atoms with E-state index in [1.54, 1.807) is 0 Å². The minimum Gasteiger partial charge on any atom is -0.403 e. The smallest absolute Gasteiger partial charge is 0.347 e. The Labute approximate surface area is 166 Å². The lowest BCUT2D eigenvalue weighted by molar-refractivity contribution is 0.270. The average Bonchev–Trinajstić information content (AvgIpc) is 3.17. The van der Waals surface area contributed by atoms with Crippen LogP contribution in [0, 0.1) is 0 Å². The van der Waals surface area contributed by atoms with Gasteiger partial charge in [0.05, 0.1) is 15.8 Å². The first-order chi connectivity index (χ1) is 13.7. The first kappa shape index (κ1) is 17.3. The Hall–Kier alpha value is -2.77. The van der Waals surface area contributed by atoms with E-state index in [1.807, 2.05) is 42.5 Å². The molecule has 142 valence electrons. The van der Waals surface area contributed by atoms with Gasteiger partial charge in [0.25, 0.3) is 0 Å². The lowest BCUT2D eigenvalue weighted by atomic mass is 10.2. The number of hydrogen-bond donors (Lipinski definition) is 0. The molecule has 7 heteroatoms. The van der Waals surface area contributed by atoms with E-state index >= 15 is 0 Å². The van der Waals surface area contributed by atoms with E-state index in [4.69, 9.17) is 4.42 Å². The van der Waals surface area contributed by atoms with E-state index in [2.05, 4.69) is 26.7 Å². The summed E-state index contributed by atoms with van der Waals surface area (Å²) in [6.45, 7) is 7.16. The molecule has 1 saturated heterocycles. The molecule has 4 heterocycles. The fraction of sp³-hybridized carbons (Fsp3) is 0.286. The van der Waals surface area contributed by atoms with Crippen molar-refractivity contribution >= 4 is 38.5 Å². The van der Waals surface area contributed by atoms with E-state index in [0.717, 1.165) is 54.1 Å². The van der Waals surface area contributed by atoms with Gasteiger partial charge in [-0.05, 0) is 36.9 Å². The largest absolute Gasteiger partial charge is 0.403 e. The highest BCUT2D eigenvalue weighted by Crippen LogP contribution is 2.30. The van der Waals surface area contributed by atoms with Gasteiger partial charge < -0.3 is 14.2 Å². The molecule has 0 saturated carbocycles. The van der Waals surface area contributed by atoms with Crippen LogP contribution in [0.15, 0.2) is 51.7 Å². The van der Waals surface area contributed by atoms with Crippen molar-refractivity contribution in [3.05, 3.63) is 52.9 Å². The van der Waals surface area contributed by atoms with Gasteiger partial charge in [0, 0.05) is 31.6 Å². The van der Waals surface area contributed by atoms with E-state index in [0.29, 0.717) is 16.3 Å². The van der Waals surface area contributed by atoms with Gasteiger partial charge in [0.1, 0.15) is 10.8 Å². The van der Waals surface area contributed by atoms with Crippen LogP contribution in [0.2, 0.25) is 0 Å². The van der Waals surface area contributed by atoms with E-state index in [1.165, 1.54) is 11.3 Å². The third-order valence-electron chi connectivity index (χ3n) is 5.25. The average molecular weight is 392 g/mol. The topological polar surface area (TPSA) is 62.5 Å². The normalized spacial score (nSPS) is 15.5. The van der Waals surface area contributed by atoms with Crippen LogP contribution in [0.4, 0.5) is 5.82 Å². The molecule has 1 aromatic carbocycles. The number of pyridine rings is 1. The number of rotatable bonds is 3. The maximum Gasteiger partial charge on any atom is 0.347 e. The van der Waals surface area contributed by atoms with Crippen LogP contribution in [-0.2, 0) is 0 Å². The number of likely N-dealkylation sites (N-methyl/N-ethyl adjacent to an activating group) is 1. The van der Waals surface area contributed by atoms with Gasteiger partial charge in [-0.2, -0.15) is 4.98 Å². The lowest BCUT2D eigenvalue weighted by Crippen LogP contribution is -2.46. The van der Waals surface area contributed by atoms with Crippen molar-refractivity contribution in [3.63, 3.8) is 0 Å². The predicted octanol–water partition coefficient (Wildman–Crippen LogP) is 3.61. The summed E-state index contributed by atoms with van der Waals surface area (Å²) < 4.78 is 6.63. The zero-order valence-corrected chi connectivity index (χ0v) is 16.4. The molecule has 0 amide bonds. The van der Waals surface area contributed by atoms with Crippen molar-refractivity contribution in [3.8, 4) is 10.6 Å². The Morgan fingerprint density at radius 2 is 1.89 bits per heavy atom. The number of aromatic nitrogens is 2. The van der Waals surface area contributed by atoms with Crippen molar-refractivity contribution in [2.75, 3.05) is 37.6 Å². The highest BCUT2D eigenvalue weighted by molar-refractivity contribution is 7.21. The molecule has 1 aliphatic rings. The quantitative estimate of drug-likeness (QED) is 0.531. The third-order valence-corrected chi connectivity index (χ3v) is 6.32. The summed E-state index contributed by atoms with van der Waals surface area (Å²) in [5.74, 6) is 0.860. The summed E-state index contributed by atoms with van der Waals surface area (Å²) in [7, 11) is 0. The number of piperazine rings is 1. The van der Waals surface area contributed by atoms with Gasteiger partial charge >= 0.3 is 5.63 Å². The standard InChI is InChI=1S/C21H20N4O2S/c1-2-24-9-11-25(12-10-24)18-8-7-14-13-15(21(26)27-19(14)23-18)20-22-16-5-3-4-6-17(16)28-20/h3-8,13H,2,9-12H2,1H3. The lowest BCUT2D eigenvalue weighted by Gasteiger charge is -2.34. The Morgan fingerprint density at radius 1 is 1.07 bits per heavy atom. The Morgan fingerprint density at radius 3 is 2.68 bits per heavy atom. The number of hydrogen-bond acceptors (Lipinski definition) is 7. The van der Waals surface area contributed by atoms with Crippen molar-refractivity contribution in [1.29, 1.82) is 0 Å². The van der Waals surface area contributed by atoms with Crippen molar-refractivity contribution in [2.24, 2.45) is 0 Å². The SMILES string of the molecule is CCN1CCN(c2ccc3cc(-c4nc5ccccc5s4)c(=O)oc3n2)CC1. The molecule has 0 spiro atoms. The molecule has 0 aliphatic carbocycles. The molecule has 0 atom stereocenters. The highest BCUT2D eigenvalue weighted by Gasteiger charge is 2.18. The first-order valence-electron chi connectivity index (χ1n) is 9.49. The monoisotopic (exact) mass is 392 g/mol. The van der Waals surface area contributed by atoms with Crippen LogP contribution < -0.4 is 10.5 Å². The molecule has 0 N–H and O–H groups in total. The van der Waals surface area contributed by atoms with E-state index < -0.39 is 5.63 Å². The number of thiazole rings is 1. The van der Waals surface area contributed by atoms with Crippen molar-refractivity contribution in [1.82, 2.24) is 14.9 Å². The Bertz CT molecular complexity index is 1170. The van der Waals surface area contributed by atoms with Crippen LogP contribution in [0.5, 0.6) is 0 Å². The summed E-state index contributed by atoms with van der Waals surface area (Å²) >= 11 is 1.50. The molecule has 1 fully saturated rings. The van der Waals surface area contributed by atoms with Gasteiger partial charge in [-0.15, -0.1) is 11.3 Å². The molecule has 6 nitrogen and oxygen atoms in total. The van der Waals surface area contributed by atoms with E-state index in [9.17, 15) is 4.79 Å². The van der Waals surface area contributed by atoms with Crippen molar-refractivity contribution in [2.45, 2.75) is 6.92 Å². The zero-order chi connectivity index (χ0) is 19.1. The maximum absolute atomic E-state index is 12.6. The zero-order valence-electron chi connectivity index (χ0n) is 15.6. The van der Waals surface area contributed by atoms with Gasteiger partial charge in [-0.3, -0.25) is 0 Å². The van der Waals surface area contributed by atoms with Crippen LogP contribution in [0.3, 0.4) is 0 Å². The molecular weight excluding hydrogens is 372 g/mol. The summed E-state index contributed by atoms with van der Waals surface area (Å²) in [6, 6.07) is 13.7.